The third-order valence-corrected chi connectivity index (χ3v) is 4.05. The number of carbonyl (C=O) groups excluding carboxylic acids is 1. The van der Waals surface area contributed by atoms with Gasteiger partial charge in [0.25, 0.3) is 5.91 Å². The van der Waals surface area contributed by atoms with Crippen LogP contribution in [-0.4, -0.2) is 5.91 Å². The molecule has 3 aromatic carbocycles. The minimum atomic E-state index is -0.848. The first kappa shape index (κ1) is 17.7. The van der Waals surface area contributed by atoms with Gasteiger partial charge >= 0.3 is 0 Å². The Balaban J connectivity index is 1.78. The number of benzene rings is 3. The molecule has 0 saturated heterocycles. The quantitative estimate of drug-likeness (QED) is 0.680. The Morgan fingerprint density at radius 1 is 0.885 bits per heavy atom. The van der Waals surface area contributed by atoms with Crippen LogP contribution in [0.5, 0.6) is 11.5 Å². The van der Waals surface area contributed by atoms with Gasteiger partial charge in [-0.1, -0.05) is 42.5 Å². The molecular formula is C22H20FNO2. The lowest BCUT2D eigenvalue weighted by molar-refractivity contribution is 0.0910. The maximum absolute atomic E-state index is 14.1. The van der Waals surface area contributed by atoms with E-state index >= 15 is 0 Å². The first-order valence-corrected chi connectivity index (χ1v) is 8.36. The zero-order chi connectivity index (χ0) is 18.6. The third-order valence-electron chi connectivity index (χ3n) is 4.05. The van der Waals surface area contributed by atoms with Crippen molar-refractivity contribution in [3.05, 3.63) is 95.8 Å². The van der Waals surface area contributed by atoms with Crippen LogP contribution in [0.25, 0.3) is 0 Å². The van der Waals surface area contributed by atoms with Gasteiger partial charge in [0, 0.05) is 11.1 Å². The lowest BCUT2D eigenvalue weighted by Crippen LogP contribution is -2.41. The smallest absolute Gasteiger partial charge is 0.252 e. The monoisotopic (exact) mass is 349 g/mol. The van der Waals surface area contributed by atoms with E-state index in [-0.39, 0.29) is 11.7 Å². The van der Waals surface area contributed by atoms with Crippen molar-refractivity contribution in [2.75, 3.05) is 0 Å². The first-order valence-electron chi connectivity index (χ1n) is 8.36. The summed E-state index contributed by atoms with van der Waals surface area (Å²) in [4.78, 5) is 12.7. The summed E-state index contributed by atoms with van der Waals surface area (Å²) in [5, 5.41) is 2.89. The predicted molar refractivity (Wildman–Crippen MR) is 99.9 cm³/mol. The van der Waals surface area contributed by atoms with E-state index in [1.54, 1.807) is 56.3 Å². The van der Waals surface area contributed by atoms with Crippen LogP contribution in [-0.2, 0) is 5.54 Å². The first-order chi connectivity index (χ1) is 12.5. The summed E-state index contributed by atoms with van der Waals surface area (Å²) in [6, 6.07) is 22.7. The molecule has 0 bridgehead atoms. The van der Waals surface area contributed by atoms with E-state index in [4.69, 9.17) is 4.74 Å². The van der Waals surface area contributed by atoms with Crippen molar-refractivity contribution >= 4 is 5.91 Å². The molecule has 0 atom stereocenters. The van der Waals surface area contributed by atoms with Crippen LogP contribution in [0, 0.1) is 5.82 Å². The number of hydrogen-bond acceptors (Lipinski definition) is 2. The van der Waals surface area contributed by atoms with E-state index in [9.17, 15) is 9.18 Å². The van der Waals surface area contributed by atoms with Gasteiger partial charge in [-0.05, 0) is 50.2 Å². The van der Waals surface area contributed by atoms with Gasteiger partial charge in [-0.3, -0.25) is 4.79 Å². The number of ether oxygens (including phenoxy) is 1. The highest BCUT2D eigenvalue weighted by Gasteiger charge is 2.26. The van der Waals surface area contributed by atoms with Crippen molar-refractivity contribution in [1.29, 1.82) is 0 Å². The largest absolute Gasteiger partial charge is 0.457 e. The van der Waals surface area contributed by atoms with Gasteiger partial charge in [-0.25, -0.2) is 4.39 Å². The van der Waals surface area contributed by atoms with Crippen LogP contribution >= 0.6 is 0 Å². The second-order valence-corrected chi connectivity index (χ2v) is 6.50. The second kappa shape index (κ2) is 7.40. The Morgan fingerprint density at radius 3 is 2.27 bits per heavy atom. The molecule has 0 fully saturated rings. The molecule has 0 saturated carbocycles. The number of para-hydroxylation sites is 1. The molecular weight excluding hydrogens is 329 g/mol. The highest BCUT2D eigenvalue weighted by Crippen LogP contribution is 2.25. The summed E-state index contributed by atoms with van der Waals surface area (Å²) in [6.45, 7) is 3.54. The zero-order valence-corrected chi connectivity index (χ0v) is 14.7. The standard InChI is InChI=1S/C22H20FNO2/c1-22(2,19-13-6-7-14-20(19)23)24-21(25)16-9-8-12-18(15-16)26-17-10-4-3-5-11-17/h3-15H,1-2H3,(H,24,25). The fraction of sp³-hybridized carbons (Fsp3) is 0.136. The van der Waals surface area contributed by atoms with Crippen LogP contribution in [0.3, 0.4) is 0 Å². The molecule has 132 valence electrons. The summed E-state index contributed by atoms with van der Waals surface area (Å²) in [5.41, 5.74) is 0.0338. The van der Waals surface area contributed by atoms with Gasteiger partial charge in [0.15, 0.2) is 0 Å². The number of nitrogens with one attached hydrogen (secondary N) is 1. The molecule has 0 radical (unpaired) electrons. The van der Waals surface area contributed by atoms with Crippen molar-refractivity contribution < 1.29 is 13.9 Å². The molecule has 0 aromatic heterocycles. The maximum atomic E-state index is 14.1. The molecule has 0 aliphatic heterocycles. The molecule has 0 aliphatic carbocycles. The normalized spacial score (nSPS) is 11.0. The summed E-state index contributed by atoms with van der Waals surface area (Å²) in [5.74, 6) is 0.611. The molecule has 0 heterocycles. The van der Waals surface area contributed by atoms with Gasteiger partial charge < -0.3 is 10.1 Å². The molecule has 0 aliphatic rings. The molecule has 3 nitrogen and oxygen atoms in total. The van der Waals surface area contributed by atoms with E-state index in [1.165, 1.54) is 6.07 Å². The number of carbonyl (C=O) groups is 1. The molecule has 3 rings (SSSR count). The summed E-state index contributed by atoms with van der Waals surface area (Å²) in [6.07, 6.45) is 0. The van der Waals surface area contributed by atoms with E-state index in [1.807, 2.05) is 30.3 Å². The number of amides is 1. The highest BCUT2D eigenvalue weighted by atomic mass is 19.1. The molecule has 0 spiro atoms. The van der Waals surface area contributed by atoms with Crippen LogP contribution in [0.1, 0.15) is 29.8 Å². The number of halogens is 1. The Kier molecular flexibility index (Phi) is 5.03. The topological polar surface area (TPSA) is 38.3 Å². The van der Waals surface area contributed by atoms with Crippen LogP contribution in [0.2, 0.25) is 0 Å². The number of hydrogen-bond donors (Lipinski definition) is 1. The molecule has 26 heavy (non-hydrogen) atoms. The average Bonchev–Trinajstić information content (AvgIpc) is 2.62. The van der Waals surface area contributed by atoms with Gasteiger partial charge in [0.05, 0.1) is 5.54 Å². The molecule has 0 unspecified atom stereocenters. The minimum Gasteiger partial charge on any atom is -0.457 e. The SMILES string of the molecule is CC(C)(NC(=O)c1cccc(Oc2ccccc2)c1)c1ccccc1F. The van der Waals surface area contributed by atoms with Crippen molar-refractivity contribution in [3.8, 4) is 11.5 Å². The van der Waals surface area contributed by atoms with Gasteiger partial charge in [-0.15, -0.1) is 0 Å². The average molecular weight is 349 g/mol. The Hall–Kier alpha value is -3.14. The Labute approximate surface area is 152 Å². The van der Waals surface area contributed by atoms with Gasteiger partial charge in [0.1, 0.15) is 17.3 Å². The summed E-state index contributed by atoms with van der Waals surface area (Å²) >= 11 is 0. The number of rotatable bonds is 5. The Morgan fingerprint density at radius 2 is 1.54 bits per heavy atom. The molecule has 4 heteroatoms. The van der Waals surface area contributed by atoms with E-state index in [0.717, 1.165) is 0 Å². The van der Waals surface area contributed by atoms with Crippen molar-refractivity contribution in [2.24, 2.45) is 0 Å². The van der Waals surface area contributed by atoms with Crippen LogP contribution < -0.4 is 10.1 Å². The van der Waals surface area contributed by atoms with Gasteiger partial charge in [0.2, 0.25) is 0 Å². The van der Waals surface area contributed by atoms with Gasteiger partial charge in [-0.2, -0.15) is 0 Å². The second-order valence-electron chi connectivity index (χ2n) is 6.50. The fourth-order valence-corrected chi connectivity index (χ4v) is 2.72. The fourth-order valence-electron chi connectivity index (χ4n) is 2.72. The third kappa shape index (κ3) is 4.09. The summed E-state index contributed by atoms with van der Waals surface area (Å²) in [7, 11) is 0. The van der Waals surface area contributed by atoms with Crippen molar-refractivity contribution in [1.82, 2.24) is 5.32 Å². The van der Waals surface area contributed by atoms with E-state index < -0.39 is 5.54 Å². The lowest BCUT2D eigenvalue weighted by Gasteiger charge is -2.27. The van der Waals surface area contributed by atoms with Crippen molar-refractivity contribution in [2.45, 2.75) is 19.4 Å². The minimum absolute atomic E-state index is 0.295. The maximum Gasteiger partial charge on any atom is 0.252 e. The summed E-state index contributed by atoms with van der Waals surface area (Å²) < 4.78 is 19.8. The Bertz CT molecular complexity index is 907. The molecule has 1 N–H and O–H groups in total. The highest BCUT2D eigenvalue weighted by molar-refractivity contribution is 5.95. The molecule has 3 aromatic rings. The van der Waals surface area contributed by atoms with E-state index in [2.05, 4.69) is 5.32 Å². The predicted octanol–water partition coefficient (Wildman–Crippen LogP) is 5.28. The van der Waals surface area contributed by atoms with E-state index in [0.29, 0.717) is 22.6 Å². The lowest BCUT2D eigenvalue weighted by atomic mass is 9.93. The zero-order valence-electron chi connectivity index (χ0n) is 14.7. The van der Waals surface area contributed by atoms with Crippen LogP contribution in [0.4, 0.5) is 4.39 Å². The van der Waals surface area contributed by atoms with Crippen LogP contribution in [0.15, 0.2) is 78.9 Å². The molecule has 1 amide bonds. The van der Waals surface area contributed by atoms with Crippen molar-refractivity contribution in [3.63, 3.8) is 0 Å².